The molecule has 0 atom stereocenters. The van der Waals surface area contributed by atoms with E-state index in [0.29, 0.717) is 39.2 Å². The third kappa shape index (κ3) is 10.4. The summed E-state index contributed by atoms with van der Waals surface area (Å²) in [6.45, 7) is 9.01. The summed E-state index contributed by atoms with van der Waals surface area (Å²) < 4.78 is 10.3. The Hall–Kier alpha value is -2.87. The molecule has 200 valence electrons. The molecule has 0 saturated carbocycles. The highest BCUT2D eigenvalue weighted by Gasteiger charge is 2.22. The van der Waals surface area contributed by atoms with Crippen LogP contribution in [0.4, 0.5) is 0 Å². The van der Waals surface area contributed by atoms with Crippen LogP contribution >= 0.6 is 0 Å². The second kappa shape index (κ2) is 16.7. The Bertz CT molecular complexity index is 849. The molecule has 1 saturated heterocycles. The van der Waals surface area contributed by atoms with Gasteiger partial charge in [0.15, 0.2) is 0 Å². The number of esters is 1. The van der Waals surface area contributed by atoms with E-state index < -0.39 is 0 Å². The number of piperazine rings is 1. The number of hydrogen-bond acceptors (Lipinski definition) is 6. The number of nitrogens with zero attached hydrogens (tertiary/aromatic N) is 3. The summed E-state index contributed by atoms with van der Waals surface area (Å²) in [4.78, 5) is 42.9. The van der Waals surface area contributed by atoms with Crippen LogP contribution in [0.3, 0.4) is 0 Å². The fraction of sp³-hybridized carbons (Fsp3) is 0.607. The van der Waals surface area contributed by atoms with E-state index in [1.54, 1.807) is 14.0 Å². The molecule has 0 unspecified atom stereocenters. The van der Waals surface area contributed by atoms with Crippen molar-refractivity contribution < 1.29 is 23.9 Å². The van der Waals surface area contributed by atoms with Gasteiger partial charge in [-0.15, -0.1) is 0 Å². The molecule has 0 bridgehead atoms. The molecule has 36 heavy (non-hydrogen) atoms. The highest BCUT2D eigenvalue weighted by atomic mass is 16.5. The first kappa shape index (κ1) is 29.4. The Morgan fingerprint density at radius 1 is 1.00 bits per heavy atom. The van der Waals surface area contributed by atoms with Crippen molar-refractivity contribution in [2.75, 3.05) is 59.5 Å². The van der Waals surface area contributed by atoms with Crippen LogP contribution in [0.1, 0.15) is 57.9 Å². The topological polar surface area (TPSA) is 79.4 Å². The van der Waals surface area contributed by atoms with Crippen LogP contribution < -0.4 is 4.74 Å². The lowest BCUT2D eigenvalue weighted by Crippen LogP contribution is -2.50. The van der Waals surface area contributed by atoms with Gasteiger partial charge in [-0.3, -0.25) is 19.3 Å². The van der Waals surface area contributed by atoms with Gasteiger partial charge in [-0.05, 0) is 19.4 Å². The van der Waals surface area contributed by atoms with Gasteiger partial charge < -0.3 is 19.3 Å². The van der Waals surface area contributed by atoms with Gasteiger partial charge in [0.25, 0.3) is 0 Å². The van der Waals surface area contributed by atoms with Crippen LogP contribution in [0.15, 0.2) is 30.3 Å². The molecule has 1 fully saturated rings. The number of benzene rings is 1. The molecule has 0 spiro atoms. The highest BCUT2D eigenvalue weighted by molar-refractivity contribution is 5.81. The Kier molecular flexibility index (Phi) is 13.7. The summed E-state index contributed by atoms with van der Waals surface area (Å²) in [5.74, 6) is 0.662. The summed E-state index contributed by atoms with van der Waals surface area (Å²) >= 11 is 0. The zero-order valence-corrected chi connectivity index (χ0v) is 22.2. The fourth-order valence-electron chi connectivity index (χ4n) is 4.20. The minimum Gasteiger partial charge on any atom is -0.496 e. The van der Waals surface area contributed by atoms with E-state index in [9.17, 15) is 14.4 Å². The summed E-state index contributed by atoms with van der Waals surface area (Å²) in [7, 11) is 1.66. The van der Waals surface area contributed by atoms with E-state index in [1.165, 1.54) is 0 Å². The lowest BCUT2D eigenvalue weighted by molar-refractivity contribution is -0.146. The maximum atomic E-state index is 12.9. The summed E-state index contributed by atoms with van der Waals surface area (Å²) in [6.07, 6.45) is 7.98. The number of carbonyl (C=O) groups is 3. The first-order chi connectivity index (χ1) is 17.5. The van der Waals surface area contributed by atoms with Gasteiger partial charge in [0.1, 0.15) is 5.75 Å². The van der Waals surface area contributed by atoms with Gasteiger partial charge in [-0.25, -0.2) is 0 Å². The number of para-hydroxylation sites is 1. The number of hydrogen-bond donors (Lipinski definition) is 0. The van der Waals surface area contributed by atoms with E-state index in [1.807, 2.05) is 46.2 Å². The zero-order valence-electron chi connectivity index (χ0n) is 22.2. The molecule has 1 aromatic rings. The van der Waals surface area contributed by atoms with Crippen molar-refractivity contribution in [2.45, 2.75) is 52.4 Å². The first-order valence-electron chi connectivity index (χ1n) is 13.2. The molecule has 8 nitrogen and oxygen atoms in total. The molecule has 0 N–H and O–H groups in total. The predicted octanol–water partition coefficient (Wildman–Crippen LogP) is 3.60. The number of amides is 2. The van der Waals surface area contributed by atoms with E-state index in [2.05, 4.69) is 11.8 Å². The first-order valence-corrected chi connectivity index (χ1v) is 13.2. The lowest BCUT2D eigenvalue weighted by Gasteiger charge is -2.35. The zero-order chi connectivity index (χ0) is 26.2. The number of unbranched alkanes of at least 4 members (excludes halogenated alkanes) is 2. The smallest absolute Gasteiger partial charge is 0.306 e. The Morgan fingerprint density at radius 3 is 2.44 bits per heavy atom. The second-order valence-corrected chi connectivity index (χ2v) is 8.97. The normalized spacial score (nSPS) is 14.1. The standard InChI is InChI=1S/C28H43N3O5/c1-4-6-7-14-26(32)30(17-10-12-24-11-8-9-13-25(24)35-3)21-18-29-19-22-31(23-20-29)27(33)15-16-28(34)36-5-2/h8-13H,4-7,14-23H2,1-3H3/b12-10+. The number of carbonyl (C=O) groups excluding carboxylic acids is 3. The quantitative estimate of drug-likeness (QED) is 0.270. The summed E-state index contributed by atoms with van der Waals surface area (Å²) in [6, 6.07) is 7.83. The SMILES string of the molecule is CCCCCC(=O)N(C/C=C/c1ccccc1OC)CCN1CCN(C(=O)CCC(=O)OCC)CC1. The molecular weight excluding hydrogens is 458 g/mol. The maximum Gasteiger partial charge on any atom is 0.306 e. The van der Waals surface area contributed by atoms with Crippen LogP contribution in [0.2, 0.25) is 0 Å². The van der Waals surface area contributed by atoms with Crippen molar-refractivity contribution in [2.24, 2.45) is 0 Å². The van der Waals surface area contributed by atoms with Gasteiger partial charge in [-0.1, -0.05) is 50.1 Å². The van der Waals surface area contributed by atoms with Crippen LogP contribution in [-0.2, 0) is 19.1 Å². The average molecular weight is 502 g/mol. The van der Waals surface area contributed by atoms with Crippen LogP contribution in [0.5, 0.6) is 5.75 Å². The van der Waals surface area contributed by atoms with Crippen molar-refractivity contribution in [3.8, 4) is 5.75 Å². The summed E-state index contributed by atoms with van der Waals surface area (Å²) in [5.41, 5.74) is 0.988. The number of rotatable bonds is 15. The van der Waals surface area contributed by atoms with Gasteiger partial charge in [0, 0.05) is 64.2 Å². The molecule has 2 rings (SSSR count). The van der Waals surface area contributed by atoms with Crippen LogP contribution in [0, 0.1) is 0 Å². The van der Waals surface area contributed by atoms with Crippen molar-refractivity contribution in [1.82, 2.24) is 14.7 Å². The van der Waals surface area contributed by atoms with Crippen molar-refractivity contribution >= 4 is 23.9 Å². The molecule has 1 aromatic carbocycles. The van der Waals surface area contributed by atoms with E-state index in [0.717, 1.165) is 50.2 Å². The Morgan fingerprint density at radius 2 is 1.75 bits per heavy atom. The molecule has 1 heterocycles. The largest absolute Gasteiger partial charge is 0.496 e. The summed E-state index contributed by atoms with van der Waals surface area (Å²) in [5, 5.41) is 0. The van der Waals surface area contributed by atoms with Crippen molar-refractivity contribution in [1.29, 1.82) is 0 Å². The number of ether oxygens (including phenoxy) is 2. The Labute approximate surface area is 216 Å². The van der Waals surface area contributed by atoms with Gasteiger partial charge in [0.05, 0.1) is 20.1 Å². The predicted molar refractivity (Wildman–Crippen MR) is 142 cm³/mol. The molecule has 1 aliphatic rings. The van der Waals surface area contributed by atoms with E-state index >= 15 is 0 Å². The number of methoxy groups -OCH3 is 1. The van der Waals surface area contributed by atoms with Crippen molar-refractivity contribution in [3.05, 3.63) is 35.9 Å². The third-order valence-electron chi connectivity index (χ3n) is 6.37. The molecule has 0 aromatic heterocycles. The molecule has 1 aliphatic heterocycles. The van der Waals surface area contributed by atoms with Gasteiger partial charge in [0.2, 0.25) is 11.8 Å². The minimum atomic E-state index is -0.326. The minimum absolute atomic E-state index is 0.00286. The fourth-order valence-corrected chi connectivity index (χ4v) is 4.20. The Balaban J connectivity index is 1.85. The highest BCUT2D eigenvalue weighted by Crippen LogP contribution is 2.18. The lowest BCUT2D eigenvalue weighted by atomic mass is 10.1. The second-order valence-electron chi connectivity index (χ2n) is 8.97. The van der Waals surface area contributed by atoms with Gasteiger partial charge in [-0.2, -0.15) is 0 Å². The van der Waals surface area contributed by atoms with Gasteiger partial charge >= 0.3 is 5.97 Å². The molecule has 8 heteroatoms. The average Bonchev–Trinajstić information content (AvgIpc) is 2.90. The maximum absolute atomic E-state index is 12.9. The van der Waals surface area contributed by atoms with E-state index in [-0.39, 0.29) is 30.6 Å². The molecule has 2 amide bonds. The molecule has 0 radical (unpaired) electrons. The molecular formula is C28H43N3O5. The van der Waals surface area contributed by atoms with Crippen LogP contribution in [-0.4, -0.2) is 92.0 Å². The molecule has 0 aliphatic carbocycles. The monoisotopic (exact) mass is 501 g/mol. The van der Waals surface area contributed by atoms with Crippen LogP contribution in [0.25, 0.3) is 6.08 Å². The van der Waals surface area contributed by atoms with Crippen molar-refractivity contribution in [3.63, 3.8) is 0 Å². The third-order valence-corrected chi connectivity index (χ3v) is 6.37. The van der Waals surface area contributed by atoms with E-state index in [4.69, 9.17) is 9.47 Å².